The Kier molecular flexibility index (Phi) is 8.29. The van der Waals surface area contributed by atoms with Gasteiger partial charge in [-0.15, -0.1) is 5.10 Å². The number of carbonyl (C=O) groups is 2. The van der Waals surface area contributed by atoms with Crippen LogP contribution < -0.4 is 21.9 Å². The zero-order valence-electron chi connectivity index (χ0n) is 18.9. The van der Waals surface area contributed by atoms with Gasteiger partial charge < -0.3 is 5.32 Å². The number of hydrogen-bond donors (Lipinski definition) is 3. The van der Waals surface area contributed by atoms with Crippen molar-refractivity contribution in [3.05, 3.63) is 70.6 Å². The first-order valence-electron chi connectivity index (χ1n) is 10.9. The van der Waals surface area contributed by atoms with Crippen LogP contribution in [0.3, 0.4) is 0 Å². The fourth-order valence-corrected chi connectivity index (χ4v) is 3.26. The van der Waals surface area contributed by atoms with E-state index in [9.17, 15) is 27.6 Å². The van der Waals surface area contributed by atoms with Crippen molar-refractivity contribution < 1.29 is 22.8 Å². The summed E-state index contributed by atoms with van der Waals surface area (Å²) in [5, 5.41) is 6.69. The lowest BCUT2D eigenvalue weighted by atomic mass is 10.2. The van der Waals surface area contributed by atoms with Gasteiger partial charge in [-0.25, -0.2) is 19.7 Å². The molecular formula is C23H25F3N6O3. The Morgan fingerprint density at radius 3 is 2.29 bits per heavy atom. The summed E-state index contributed by atoms with van der Waals surface area (Å²) in [4.78, 5) is 37.3. The van der Waals surface area contributed by atoms with Gasteiger partial charge in [-0.05, 0) is 30.7 Å². The first-order valence-corrected chi connectivity index (χ1v) is 10.9. The van der Waals surface area contributed by atoms with E-state index in [-0.39, 0.29) is 5.69 Å². The van der Waals surface area contributed by atoms with Crippen molar-refractivity contribution in [2.45, 2.75) is 45.5 Å². The third-order valence-corrected chi connectivity index (χ3v) is 5.02. The van der Waals surface area contributed by atoms with E-state index in [1.54, 1.807) is 24.3 Å². The van der Waals surface area contributed by atoms with Crippen LogP contribution in [0, 0.1) is 0 Å². The molecule has 0 fully saturated rings. The molecule has 0 saturated heterocycles. The molecule has 0 saturated carbocycles. The highest BCUT2D eigenvalue weighted by atomic mass is 19.4. The van der Waals surface area contributed by atoms with Crippen molar-refractivity contribution in [3.8, 4) is 11.4 Å². The standard InChI is InChI=1S/C23H25F3N6O3/c1-2-3-7-14-32-22(35)31(20(30-32)16-8-5-4-6-9-16)15-19(33)28-29-21(34)27-18-12-10-17(11-13-18)23(24,25)26/h4-6,8-13H,2-3,7,14-15H2,1H3,(H,28,33)(H2,27,29,34). The summed E-state index contributed by atoms with van der Waals surface area (Å²) in [6, 6.07) is 11.9. The van der Waals surface area contributed by atoms with Crippen LogP contribution >= 0.6 is 0 Å². The molecule has 1 heterocycles. The average molecular weight is 490 g/mol. The van der Waals surface area contributed by atoms with E-state index in [4.69, 9.17) is 0 Å². The number of unbranched alkanes of at least 4 members (excludes halogenated alkanes) is 2. The highest BCUT2D eigenvalue weighted by Gasteiger charge is 2.30. The minimum absolute atomic E-state index is 0.0979. The summed E-state index contributed by atoms with van der Waals surface area (Å²) >= 11 is 0. The summed E-state index contributed by atoms with van der Waals surface area (Å²) in [7, 11) is 0. The Morgan fingerprint density at radius 1 is 0.971 bits per heavy atom. The number of hydrogen-bond acceptors (Lipinski definition) is 4. The van der Waals surface area contributed by atoms with Gasteiger partial charge in [0.05, 0.1) is 5.56 Å². The first kappa shape index (κ1) is 25.5. The second-order valence-electron chi connectivity index (χ2n) is 7.69. The van der Waals surface area contributed by atoms with E-state index in [2.05, 4.69) is 21.3 Å². The Labute approximate surface area is 198 Å². The topological polar surface area (TPSA) is 110 Å². The molecule has 2 aromatic carbocycles. The zero-order valence-corrected chi connectivity index (χ0v) is 18.9. The molecule has 1 aromatic heterocycles. The molecule has 0 atom stereocenters. The van der Waals surface area contributed by atoms with Gasteiger partial charge in [0.1, 0.15) is 6.54 Å². The minimum Gasteiger partial charge on any atom is -0.307 e. The molecule has 3 N–H and O–H groups in total. The monoisotopic (exact) mass is 490 g/mol. The maximum Gasteiger partial charge on any atom is 0.416 e. The largest absolute Gasteiger partial charge is 0.416 e. The van der Waals surface area contributed by atoms with Crippen LogP contribution in [-0.4, -0.2) is 26.3 Å². The predicted molar refractivity (Wildman–Crippen MR) is 123 cm³/mol. The third kappa shape index (κ3) is 6.95. The van der Waals surface area contributed by atoms with E-state index >= 15 is 0 Å². The van der Waals surface area contributed by atoms with Crippen LogP contribution in [0.5, 0.6) is 0 Å². The number of anilines is 1. The second-order valence-corrected chi connectivity index (χ2v) is 7.69. The number of aryl methyl sites for hydroxylation is 1. The molecule has 3 amide bonds. The molecule has 0 aliphatic rings. The smallest absolute Gasteiger partial charge is 0.307 e. The van der Waals surface area contributed by atoms with Crippen molar-refractivity contribution in [2.24, 2.45) is 0 Å². The zero-order chi connectivity index (χ0) is 25.4. The SMILES string of the molecule is CCCCCn1nc(-c2ccccc2)n(CC(=O)NNC(=O)Nc2ccc(C(F)(F)F)cc2)c1=O. The third-order valence-electron chi connectivity index (χ3n) is 5.02. The van der Waals surface area contributed by atoms with Crippen LogP contribution in [0.25, 0.3) is 11.4 Å². The number of urea groups is 1. The van der Waals surface area contributed by atoms with Gasteiger partial charge in [0.15, 0.2) is 5.82 Å². The number of alkyl halides is 3. The van der Waals surface area contributed by atoms with Gasteiger partial charge in [-0.2, -0.15) is 13.2 Å². The van der Waals surface area contributed by atoms with Gasteiger partial charge in [-0.1, -0.05) is 50.1 Å². The molecule has 0 radical (unpaired) electrons. The van der Waals surface area contributed by atoms with E-state index in [0.29, 0.717) is 17.9 Å². The van der Waals surface area contributed by atoms with Gasteiger partial charge >= 0.3 is 17.9 Å². The average Bonchev–Trinajstić information content (AvgIpc) is 3.13. The van der Waals surface area contributed by atoms with Crippen LogP contribution in [0.15, 0.2) is 59.4 Å². The maximum absolute atomic E-state index is 12.9. The van der Waals surface area contributed by atoms with Crippen molar-refractivity contribution in [1.29, 1.82) is 0 Å². The number of nitrogens with one attached hydrogen (secondary N) is 3. The summed E-state index contributed by atoms with van der Waals surface area (Å²) in [5.74, 6) is -0.378. The Balaban J connectivity index is 1.64. The van der Waals surface area contributed by atoms with E-state index in [1.807, 2.05) is 13.0 Å². The van der Waals surface area contributed by atoms with E-state index < -0.39 is 35.9 Å². The Hall–Kier alpha value is -4.09. The summed E-state index contributed by atoms with van der Waals surface area (Å²) < 4.78 is 40.4. The molecule has 0 aliphatic carbocycles. The lowest BCUT2D eigenvalue weighted by molar-refractivity contribution is -0.137. The normalized spacial score (nSPS) is 11.2. The van der Waals surface area contributed by atoms with Crippen LogP contribution in [0.1, 0.15) is 31.7 Å². The Bertz CT molecular complexity index is 1200. The number of amides is 3. The number of aromatic nitrogens is 3. The van der Waals surface area contributed by atoms with Crippen molar-refractivity contribution in [3.63, 3.8) is 0 Å². The lowest BCUT2D eigenvalue weighted by Gasteiger charge is -2.11. The van der Waals surface area contributed by atoms with Crippen LogP contribution in [-0.2, 0) is 24.1 Å². The number of halogens is 3. The first-order chi connectivity index (χ1) is 16.7. The molecule has 12 heteroatoms. The molecule has 35 heavy (non-hydrogen) atoms. The lowest BCUT2D eigenvalue weighted by Crippen LogP contribution is -2.46. The summed E-state index contributed by atoms with van der Waals surface area (Å²) in [6.07, 6.45) is -1.82. The quantitative estimate of drug-likeness (QED) is 0.330. The predicted octanol–water partition coefficient (Wildman–Crippen LogP) is 3.77. The van der Waals surface area contributed by atoms with Gasteiger partial charge in [0.2, 0.25) is 0 Å². The highest BCUT2D eigenvalue weighted by Crippen LogP contribution is 2.29. The molecule has 3 aromatic rings. The molecule has 0 spiro atoms. The van der Waals surface area contributed by atoms with Crippen molar-refractivity contribution in [2.75, 3.05) is 5.32 Å². The summed E-state index contributed by atoms with van der Waals surface area (Å²) in [5.41, 5.74) is 3.73. The molecular weight excluding hydrogens is 465 g/mol. The van der Waals surface area contributed by atoms with E-state index in [0.717, 1.165) is 43.5 Å². The molecule has 0 unspecified atom stereocenters. The highest BCUT2D eigenvalue weighted by molar-refractivity contribution is 5.90. The number of carbonyl (C=O) groups excluding carboxylic acids is 2. The minimum atomic E-state index is -4.49. The van der Waals surface area contributed by atoms with Gasteiger partial charge in [0, 0.05) is 17.8 Å². The molecule has 0 aliphatic heterocycles. The molecule has 3 rings (SSSR count). The maximum atomic E-state index is 12.9. The molecule has 0 bridgehead atoms. The number of benzene rings is 2. The fourth-order valence-electron chi connectivity index (χ4n) is 3.26. The Morgan fingerprint density at radius 2 is 1.66 bits per heavy atom. The number of hydrazine groups is 1. The fraction of sp³-hybridized carbons (Fsp3) is 0.304. The number of rotatable bonds is 8. The van der Waals surface area contributed by atoms with Crippen LogP contribution in [0.4, 0.5) is 23.7 Å². The van der Waals surface area contributed by atoms with Crippen molar-refractivity contribution in [1.82, 2.24) is 25.2 Å². The summed E-state index contributed by atoms with van der Waals surface area (Å²) in [6.45, 7) is 2.05. The van der Waals surface area contributed by atoms with Crippen LogP contribution in [0.2, 0.25) is 0 Å². The molecule has 9 nitrogen and oxygen atoms in total. The number of nitrogens with zero attached hydrogens (tertiary/aromatic N) is 3. The molecule has 186 valence electrons. The van der Waals surface area contributed by atoms with Gasteiger partial charge in [0.25, 0.3) is 5.91 Å². The van der Waals surface area contributed by atoms with E-state index in [1.165, 1.54) is 9.25 Å². The van der Waals surface area contributed by atoms with Crippen molar-refractivity contribution >= 4 is 17.6 Å². The second kappa shape index (κ2) is 11.4. The van der Waals surface area contributed by atoms with Gasteiger partial charge in [-0.3, -0.25) is 14.8 Å².